The number of nitrogens with one attached hydrogen (secondary N) is 1. The molecule has 1 heterocycles. The molecule has 19 heavy (non-hydrogen) atoms. The predicted molar refractivity (Wildman–Crippen MR) is 63.8 cm³/mol. The molecule has 0 aliphatic heterocycles. The monoisotopic (exact) mass is 257 g/mol. The van der Waals surface area contributed by atoms with Crippen LogP contribution in [0.1, 0.15) is 11.3 Å². The Morgan fingerprint density at radius 2 is 1.79 bits per heavy atom. The molecule has 0 saturated heterocycles. The number of rotatable bonds is 2. The van der Waals surface area contributed by atoms with Crippen molar-refractivity contribution in [1.29, 1.82) is 5.53 Å². The van der Waals surface area contributed by atoms with Crippen molar-refractivity contribution in [3.63, 3.8) is 0 Å². The quantitative estimate of drug-likeness (QED) is 0.293. The van der Waals surface area contributed by atoms with E-state index in [-0.39, 0.29) is 22.0 Å². The minimum atomic E-state index is -0.569. The summed E-state index contributed by atoms with van der Waals surface area (Å²) in [5.74, 6) is 5.54. The summed E-state index contributed by atoms with van der Waals surface area (Å²) in [6.45, 7) is 0. The molecule has 0 amide bonds. The number of hydrogen-bond acceptors (Lipinski definition) is 5. The summed E-state index contributed by atoms with van der Waals surface area (Å²) >= 11 is 0. The fourth-order valence-corrected chi connectivity index (χ4v) is 1.30. The number of furan rings is 1. The van der Waals surface area contributed by atoms with E-state index in [1.807, 2.05) is 0 Å². The molecule has 0 spiro atoms. The Labute approximate surface area is 107 Å². The van der Waals surface area contributed by atoms with Crippen molar-refractivity contribution < 1.29 is 14.2 Å². The number of nitrogens with zero attached hydrogens (tertiary/aromatic N) is 2. The van der Waals surface area contributed by atoms with Gasteiger partial charge < -0.3 is 9.62 Å². The van der Waals surface area contributed by atoms with Crippen LogP contribution in [0.4, 0.5) is 11.4 Å². The normalized spacial score (nSPS) is 9.47. The lowest BCUT2D eigenvalue weighted by Crippen LogP contribution is -1.86. The van der Waals surface area contributed by atoms with E-state index in [4.69, 9.17) is 9.95 Å². The Bertz CT molecular complexity index is 692. The summed E-state index contributed by atoms with van der Waals surface area (Å²) in [4.78, 5) is 9.86. The summed E-state index contributed by atoms with van der Waals surface area (Å²) in [7, 11) is 0. The van der Waals surface area contributed by atoms with Crippen molar-refractivity contribution in [2.45, 2.75) is 0 Å². The van der Waals surface area contributed by atoms with Gasteiger partial charge in [-0.3, -0.25) is 10.1 Å². The molecule has 0 radical (unpaired) electrons. The van der Waals surface area contributed by atoms with Crippen molar-refractivity contribution >= 4 is 11.4 Å². The van der Waals surface area contributed by atoms with Crippen LogP contribution in [-0.2, 0) is 0 Å². The summed E-state index contributed by atoms with van der Waals surface area (Å²) in [5.41, 5.74) is 7.47. The molecule has 0 unspecified atom stereocenters. The van der Waals surface area contributed by atoms with Gasteiger partial charge in [0.05, 0.1) is 11.0 Å². The molecule has 0 bridgehead atoms. The van der Waals surface area contributed by atoms with Crippen LogP contribution >= 0.6 is 0 Å². The second-order valence-corrected chi connectivity index (χ2v) is 3.52. The Balaban J connectivity index is 2.18. The maximum absolute atomic E-state index is 10.7. The van der Waals surface area contributed by atoms with Gasteiger partial charge in [0.25, 0.3) is 0 Å². The Kier molecular flexibility index (Phi) is 3.25. The summed E-state index contributed by atoms with van der Waals surface area (Å²) < 4.78 is 4.91. The standard InChI is InChI=1S/C12H7N3O4/c13-14(16)10-4-1-9(2-5-10)3-6-12-7-11(8-19-12)15(17)18/h1-2,4-5,7-8,13H. The molecule has 2 aromatic rings. The van der Waals surface area contributed by atoms with E-state index in [2.05, 4.69) is 11.8 Å². The number of nitro groups is 1. The Morgan fingerprint density at radius 3 is 2.32 bits per heavy atom. The number of hydrogen-bond donors (Lipinski definition) is 1. The molecule has 0 aliphatic carbocycles. The summed E-state index contributed by atoms with van der Waals surface area (Å²) in [5, 5.41) is 21.1. The lowest BCUT2D eigenvalue weighted by atomic mass is 10.2. The summed E-state index contributed by atoms with van der Waals surface area (Å²) in [6, 6.07) is 7.27. The predicted octanol–water partition coefficient (Wildman–Crippen LogP) is 2.76. The average molecular weight is 257 g/mol. The topological polar surface area (TPSA) is 106 Å². The first-order valence-electron chi connectivity index (χ1n) is 5.10. The molecule has 0 fully saturated rings. The Hall–Kier alpha value is -3.14. The average Bonchev–Trinajstić information content (AvgIpc) is 2.86. The molecule has 94 valence electrons. The van der Waals surface area contributed by atoms with Crippen molar-refractivity contribution in [1.82, 2.24) is 0 Å². The first-order chi connectivity index (χ1) is 9.06. The van der Waals surface area contributed by atoms with Crippen LogP contribution in [0.25, 0.3) is 0 Å². The van der Waals surface area contributed by atoms with Gasteiger partial charge in [0.2, 0.25) is 5.69 Å². The van der Waals surface area contributed by atoms with Gasteiger partial charge in [-0.1, -0.05) is 10.8 Å². The Morgan fingerprint density at radius 1 is 1.11 bits per heavy atom. The highest BCUT2D eigenvalue weighted by Crippen LogP contribution is 2.15. The first-order valence-corrected chi connectivity index (χ1v) is 5.10. The van der Waals surface area contributed by atoms with Crippen LogP contribution in [0.5, 0.6) is 0 Å². The van der Waals surface area contributed by atoms with Crippen molar-refractivity contribution in [2.24, 2.45) is 0 Å². The molecule has 1 N–H and O–H groups in total. The van der Waals surface area contributed by atoms with Crippen LogP contribution in [0.2, 0.25) is 0 Å². The van der Waals surface area contributed by atoms with Crippen molar-refractivity contribution in [3.8, 4) is 11.8 Å². The van der Waals surface area contributed by atoms with Crippen LogP contribution in [0, 0.1) is 32.7 Å². The highest BCUT2D eigenvalue weighted by atomic mass is 16.6. The minimum Gasteiger partial charge on any atom is -0.594 e. The lowest BCUT2D eigenvalue weighted by molar-refractivity contribution is -0.465. The molecule has 1 aromatic heterocycles. The van der Waals surface area contributed by atoms with Gasteiger partial charge >= 0.3 is 5.69 Å². The van der Waals surface area contributed by atoms with Gasteiger partial charge in [-0.15, -0.1) is 0 Å². The fraction of sp³-hybridized carbons (Fsp3) is 0. The van der Waals surface area contributed by atoms with E-state index in [1.54, 1.807) is 12.1 Å². The molecule has 0 atom stereocenters. The fourth-order valence-electron chi connectivity index (χ4n) is 1.30. The molecule has 2 rings (SSSR count). The third-order valence-corrected chi connectivity index (χ3v) is 2.23. The molecule has 0 saturated carbocycles. The van der Waals surface area contributed by atoms with Gasteiger partial charge in [0, 0.05) is 17.7 Å². The van der Waals surface area contributed by atoms with Crippen LogP contribution < -0.4 is 0 Å². The third-order valence-electron chi connectivity index (χ3n) is 2.23. The maximum atomic E-state index is 10.7. The molecule has 7 heteroatoms. The zero-order valence-corrected chi connectivity index (χ0v) is 9.49. The molecular formula is C12H7N3O4. The van der Waals surface area contributed by atoms with Crippen molar-refractivity contribution in [3.05, 3.63) is 63.2 Å². The van der Waals surface area contributed by atoms with Gasteiger partial charge in [-0.25, -0.2) is 0 Å². The molecule has 1 aromatic carbocycles. The van der Waals surface area contributed by atoms with Crippen LogP contribution in [0.3, 0.4) is 0 Å². The number of benzene rings is 1. The molecule has 0 aliphatic rings. The van der Waals surface area contributed by atoms with Gasteiger partial charge in [0.15, 0.2) is 12.0 Å². The van der Waals surface area contributed by atoms with Gasteiger partial charge in [-0.2, -0.15) is 0 Å². The molecular weight excluding hydrogens is 250 g/mol. The first kappa shape index (κ1) is 12.3. The van der Waals surface area contributed by atoms with Gasteiger partial charge in [-0.05, 0) is 23.6 Å². The smallest absolute Gasteiger partial charge is 0.308 e. The second-order valence-electron chi connectivity index (χ2n) is 3.52. The van der Waals surface area contributed by atoms with E-state index in [0.717, 1.165) is 6.26 Å². The van der Waals surface area contributed by atoms with E-state index < -0.39 is 4.92 Å². The minimum absolute atomic E-state index is 0.00685. The van der Waals surface area contributed by atoms with Crippen molar-refractivity contribution in [2.75, 3.05) is 0 Å². The van der Waals surface area contributed by atoms with Crippen LogP contribution in [0.15, 0.2) is 41.0 Å². The van der Waals surface area contributed by atoms with E-state index in [1.165, 1.54) is 18.2 Å². The highest BCUT2D eigenvalue weighted by Gasteiger charge is 2.09. The van der Waals surface area contributed by atoms with Gasteiger partial charge in [0.1, 0.15) is 0 Å². The van der Waals surface area contributed by atoms with E-state index in [9.17, 15) is 15.3 Å². The van der Waals surface area contributed by atoms with E-state index >= 15 is 0 Å². The molecule has 7 nitrogen and oxygen atoms in total. The van der Waals surface area contributed by atoms with E-state index in [0.29, 0.717) is 5.56 Å². The highest BCUT2D eigenvalue weighted by molar-refractivity contribution is 5.45. The largest absolute Gasteiger partial charge is 0.594 e. The SMILES string of the molecule is N=[N+]([O-])c1ccc(C#Cc2cc([N+](=O)[O-])co2)cc1. The zero-order chi connectivity index (χ0) is 13.8. The third kappa shape index (κ3) is 2.95. The maximum Gasteiger partial charge on any atom is 0.308 e. The lowest BCUT2D eigenvalue weighted by Gasteiger charge is -1.95. The second kappa shape index (κ2) is 5.01. The van der Waals surface area contributed by atoms with Crippen LogP contribution in [-0.4, -0.2) is 9.78 Å². The zero-order valence-electron chi connectivity index (χ0n) is 9.49. The summed E-state index contributed by atoms with van der Waals surface area (Å²) in [6.07, 6.45) is 1.02.